The molecular weight excluding hydrogens is 244 g/mol. The number of amides is 1. The van der Waals surface area contributed by atoms with Crippen molar-refractivity contribution in [3.63, 3.8) is 0 Å². The standard InChI is InChI=1S/C14H20N2O3/c1-3-12-13(5-4-11(2)15-12)19-10-14(17)16-6-8-18-9-7-16/h4-5H,3,6-10H2,1-2H3. The molecule has 1 saturated heterocycles. The van der Waals surface area contributed by atoms with Crippen LogP contribution in [0, 0.1) is 6.92 Å². The van der Waals surface area contributed by atoms with Crippen molar-refractivity contribution in [2.24, 2.45) is 0 Å². The molecule has 1 aromatic heterocycles. The molecule has 0 atom stereocenters. The van der Waals surface area contributed by atoms with Crippen molar-refractivity contribution in [1.29, 1.82) is 0 Å². The number of aryl methyl sites for hydroxylation is 2. The van der Waals surface area contributed by atoms with E-state index < -0.39 is 0 Å². The molecule has 0 radical (unpaired) electrons. The lowest BCUT2D eigenvalue weighted by Crippen LogP contribution is -2.43. The van der Waals surface area contributed by atoms with Crippen LogP contribution in [0.15, 0.2) is 12.1 Å². The monoisotopic (exact) mass is 264 g/mol. The zero-order valence-electron chi connectivity index (χ0n) is 11.5. The average Bonchev–Trinajstić information content (AvgIpc) is 2.46. The van der Waals surface area contributed by atoms with Crippen LogP contribution in [0.3, 0.4) is 0 Å². The summed E-state index contributed by atoms with van der Waals surface area (Å²) in [5.41, 5.74) is 1.86. The maximum atomic E-state index is 12.0. The number of carbonyl (C=O) groups excluding carboxylic acids is 1. The van der Waals surface area contributed by atoms with Gasteiger partial charge in [-0.1, -0.05) is 6.92 Å². The lowest BCUT2D eigenvalue weighted by molar-refractivity contribution is -0.137. The zero-order valence-corrected chi connectivity index (χ0v) is 11.5. The smallest absolute Gasteiger partial charge is 0.260 e. The summed E-state index contributed by atoms with van der Waals surface area (Å²) in [6.45, 7) is 6.55. The van der Waals surface area contributed by atoms with E-state index in [9.17, 15) is 4.79 Å². The van der Waals surface area contributed by atoms with Gasteiger partial charge in [-0.2, -0.15) is 0 Å². The zero-order chi connectivity index (χ0) is 13.7. The van der Waals surface area contributed by atoms with Gasteiger partial charge in [-0.15, -0.1) is 0 Å². The Bertz CT molecular complexity index is 442. The number of morpholine rings is 1. The minimum Gasteiger partial charge on any atom is -0.482 e. The summed E-state index contributed by atoms with van der Waals surface area (Å²) in [5.74, 6) is 0.709. The van der Waals surface area contributed by atoms with Gasteiger partial charge in [-0.3, -0.25) is 9.78 Å². The third kappa shape index (κ3) is 3.67. The lowest BCUT2D eigenvalue weighted by Gasteiger charge is -2.26. The van der Waals surface area contributed by atoms with Gasteiger partial charge in [0.2, 0.25) is 0 Å². The molecule has 1 aliphatic rings. The fourth-order valence-electron chi connectivity index (χ4n) is 2.03. The van der Waals surface area contributed by atoms with E-state index in [4.69, 9.17) is 9.47 Å². The molecule has 0 bridgehead atoms. The fraction of sp³-hybridized carbons (Fsp3) is 0.571. The van der Waals surface area contributed by atoms with Crippen molar-refractivity contribution in [2.45, 2.75) is 20.3 Å². The van der Waals surface area contributed by atoms with Crippen molar-refractivity contribution in [3.8, 4) is 5.75 Å². The number of carbonyl (C=O) groups is 1. The largest absolute Gasteiger partial charge is 0.482 e. The van der Waals surface area contributed by atoms with Gasteiger partial charge in [0, 0.05) is 18.8 Å². The van der Waals surface area contributed by atoms with E-state index in [-0.39, 0.29) is 12.5 Å². The Morgan fingerprint density at radius 1 is 1.42 bits per heavy atom. The van der Waals surface area contributed by atoms with Gasteiger partial charge in [-0.05, 0) is 25.5 Å². The maximum Gasteiger partial charge on any atom is 0.260 e. The molecule has 0 unspecified atom stereocenters. The Labute approximate surface area is 113 Å². The predicted octanol–water partition coefficient (Wildman–Crippen LogP) is 1.19. The Morgan fingerprint density at radius 3 is 2.84 bits per heavy atom. The van der Waals surface area contributed by atoms with Gasteiger partial charge in [0.1, 0.15) is 5.75 Å². The highest BCUT2D eigenvalue weighted by atomic mass is 16.5. The lowest BCUT2D eigenvalue weighted by atomic mass is 10.2. The molecule has 2 rings (SSSR count). The topological polar surface area (TPSA) is 51.7 Å². The van der Waals surface area contributed by atoms with Gasteiger partial charge in [0.15, 0.2) is 6.61 Å². The highest BCUT2D eigenvalue weighted by molar-refractivity contribution is 5.77. The Kier molecular flexibility index (Phi) is 4.74. The van der Waals surface area contributed by atoms with Crippen molar-refractivity contribution in [3.05, 3.63) is 23.5 Å². The molecule has 0 spiro atoms. The van der Waals surface area contributed by atoms with Crippen LogP contribution in [0.5, 0.6) is 5.75 Å². The molecule has 1 amide bonds. The second kappa shape index (κ2) is 6.52. The molecule has 0 aliphatic carbocycles. The fourth-order valence-corrected chi connectivity index (χ4v) is 2.03. The average molecular weight is 264 g/mol. The number of hydrogen-bond donors (Lipinski definition) is 0. The maximum absolute atomic E-state index is 12.0. The van der Waals surface area contributed by atoms with Crippen LogP contribution in [0.2, 0.25) is 0 Å². The number of rotatable bonds is 4. The van der Waals surface area contributed by atoms with E-state index in [1.165, 1.54) is 0 Å². The number of aromatic nitrogens is 1. The van der Waals surface area contributed by atoms with Crippen LogP contribution in [0.25, 0.3) is 0 Å². The number of ether oxygens (including phenoxy) is 2. The normalized spacial score (nSPS) is 15.4. The van der Waals surface area contributed by atoms with E-state index in [0.29, 0.717) is 32.1 Å². The molecule has 1 aromatic rings. The molecule has 1 aliphatic heterocycles. The molecule has 5 nitrogen and oxygen atoms in total. The quantitative estimate of drug-likeness (QED) is 0.819. The van der Waals surface area contributed by atoms with Gasteiger partial charge in [0.05, 0.1) is 18.9 Å². The first-order valence-electron chi connectivity index (χ1n) is 6.65. The second-order valence-corrected chi connectivity index (χ2v) is 4.53. The Morgan fingerprint density at radius 2 is 2.16 bits per heavy atom. The SMILES string of the molecule is CCc1nc(C)ccc1OCC(=O)N1CCOCC1. The van der Waals surface area contributed by atoms with Crippen LogP contribution >= 0.6 is 0 Å². The number of pyridine rings is 1. The Hall–Kier alpha value is -1.62. The predicted molar refractivity (Wildman–Crippen MR) is 71.2 cm³/mol. The van der Waals surface area contributed by atoms with Crippen LogP contribution in [0.4, 0.5) is 0 Å². The van der Waals surface area contributed by atoms with E-state index >= 15 is 0 Å². The summed E-state index contributed by atoms with van der Waals surface area (Å²) in [6.07, 6.45) is 0.794. The first-order valence-corrected chi connectivity index (χ1v) is 6.65. The first-order chi connectivity index (χ1) is 9.20. The number of nitrogens with zero attached hydrogens (tertiary/aromatic N) is 2. The first kappa shape index (κ1) is 13.8. The van der Waals surface area contributed by atoms with Crippen LogP contribution in [-0.4, -0.2) is 48.7 Å². The second-order valence-electron chi connectivity index (χ2n) is 4.53. The highest BCUT2D eigenvalue weighted by Gasteiger charge is 2.17. The van der Waals surface area contributed by atoms with E-state index in [1.807, 2.05) is 26.0 Å². The summed E-state index contributed by atoms with van der Waals surface area (Å²) in [7, 11) is 0. The van der Waals surface area contributed by atoms with Gasteiger partial charge < -0.3 is 14.4 Å². The molecule has 0 saturated carbocycles. The third-order valence-electron chi connectivity index (χ3n) is 3.12. The van der Waals surface area contributed by atoms with Gasteiger partial charge >= 0.3 is 0 Å². The van der Waals surface area contributed by atoms with Crippen molar-refractivity contribution >= 4 is 5.91 Å². The summed E-state index contributed by atoms with van der Waals surface area (Å²) in [6, 6.07) is 3.78. The highest BCUT2D eigenvalue weighted by Crippen LogP contribution is 2.17. The van der Waals surface area contributed by atoms with Crippen LogP contribution in [0.1, 0.15) is 18.3 Å². The summed E-state index contributed by atoms with van der Waals surface area (Å²) >= 11 is 0. The van der Waals surface area contributed by atoms with Crippen molar-refractivity contribution in [1.82, 2.24) is 9.88 Å². The molecule has 5 heteroatoms. The molecule has 104 valence electrons. The molecule has 2 heterocycles. The van der Waals surface area contributed by atoms with Crippen LogP contribution in [-0.2, 0) is 16.0 Å². The number of hydrogen-bond acceptors (Lipinski definition) is 4. The minimum atomic E-state index is 0.00549. The Balaban J connectivity index is 1.92. The van der Waals surface area contributed by atoms with Gasteiger partial charge in [-0.25, -0.2) is 0 Å². The summed E-state index contributed by atoms with van der Waals surface area (Å²) in [4.78, 5) is 18.1. The minimum absolute atomic E-state index is 0.00549. The molecular formula is C14H20N2O3. The van der Waals surface area contributed by atoms with E-state index in [1.54, 1.807) is 4.90 Å². The van der Waals surface area contributed by atoms with Crippen LogP contribution < -0.4 is 4.74 Å². The van der Waals surface area contributed by atoms with Crippen molar-refractivity contribution < 1.29 is 14.3 Å². The molecule has 0 N–H and O–H groups in total. The molecule has 19 heavy (non-hydrogen) atoms. The third-order valence-corrected chi connectivity index (χ3v) is 3.12. The molecule has 1 fully saturated rings. The van der Waals surface area contributed by atoms with Crippen molar-refractivity contribution in [2.75, 3.05) is 32.9 Å². The van der Waals surface area contributed by atoms with Gasteiger partial charge in [0.25, 0.3) is 5.91 Å². The molecule has 0 aromatic carbocycles. The van der Waals surface area contributed by atoms with E-state index in [2.05, 4.69) is 4.98 Å². The summed E-state index contributed by atoms with van der Waals surface area (Å²) < 4.78 is 10.8. The van der Waals surface area contributed by atoms with E-state index in [0.717, 1.165) is 17.8 Å². The summed E-state index contributed by atoms with van der Waals surface area (Å²) in [5, 5.41) is 0.